The molecule has 3 rings (SSSR count). The molecule has 0 spiro atoms. The number of halogens is 1. The van der Waals surface area contributed by atoms with Crippen molar-refractivity contribution in [3.05, 3.63) is 46.5 Å². The zero-order chi connectivity index (χ0) is 25.8. The first-order chi connectivity index (χ1) is 16.6. The van der Waals surface area contributed by atoms with Gasteiger partial charge < -0.3 is 24.8 Å². The third kappa shape index (κ3) is 5.91. The molecule has 0 saturated heterocycles. The van der Waals surface area contributed by atoms with Crippen molar-refractivity contribution in [2.24, 2.45) is 0 Å². The number of carbonyl (C=O) groups excluding carboxylic acids is 2. The molecule has 0 aliphatic carbocycles. The van der Waals surface area contributed by atoms with Crippen LogP contribution in [0, 0.1) is 0 Å². The summed E-state index contributed by atoms with van der Waals surface area (Å²) in [6, 6.07) is 6.38. The van der Waals surface area contributed by atoms with Gasteiger partial charge >= 0.3 is 6.03 Å². The number of amides is 3. The molecular formula is C23H28ClN3O7S. The number of fused-ring (bicyclic) bond motifs is 1. The van der Waals surface area contributed by atoms with Crippen molar-refractivity contribution in [1.82, 2.24) is 15.4 Å². The van der Waals surface area contributed by atoms with Crippen LogP contribution in [0.5, 0.6) is 17.2 Å². The summed E-state index contributed by atoms with van der Waals surface area (Å²) in [5, 5.41) is 5.73. The second kappa shape index (κ2) is 11.0. The standard InChI is InChI=1S/C23H28ClN3O7S/c1-5-25-23(29)27-35(30,31)21-11-16-15(8-9-34-19(16)12-20(21)33-4)13(2)26-22(28)17-10-14(24)6-7-18(17)32-3/h6-7,10-13,15H,5,8-9H2,1-4H3,(H,26,28)(H2,25,27,29). The molecule has 12 heteroatoms. The molecule has 0 fully saturated rings. The predicted molar refractivity (Wildman–Crippen MR) is 130 cm³/mol. The van der Waals surface area contributed by atoms with Crippen molar-refractivity contribution in [1.29, 1.82) is 0 Å². The Morgan fingerprint density at radius 2 is 1.89 bits per heavy atom. The van der Waals surface area contributed by atoms with E-state index >= 15 is 0 Å². The van der Waals surface area contributed by atoms with Crippen molar-refractivity contribution in [3.63, 3.8) is 0 Å². The number of urea groups is 1. The van der Waals surface area contributed by atoms with Crippen molar-refractivity contribution in [2.45, 2.75) is 37.1 Å². The molecule has 3 N–H and O–H groups in total. The lowest BCUT2D eigenvalue weighted by Crippen LogP contribution is -2.40. The summed E-state index contributed by atoms with van der Waals surface area (Å²) in [4.78, 5) is 24.7. The van der Waals surface area contributed by atoms with Gasteiger partial charge in [-0.15, -0.1) is 0 Å². The highest BCUT2D eigenvalue weighted by Gasteiger charge is 2.32. The maximum atomic E-state index is 13.0. The van der Waals surface area contributed by atoms with Crippen LogP contribution >= 0.6 is 11.6 Å². The Morgan fingerprint density at radius 3 is 2.54 bits per heavy atom. The van der Waals surface area contributed by atoms with E-state index in [4.69, 9.17) is 25.8 Å². The third-order valence-electron chi connectivity index (χ3n) is 5.60. The quantitative estimate of drug-likeness (QED) is 0.482. The number of ether oxygens (including phenoxy) is 3. The highest BCUT2D eigenvalue weighted by Crippen LogP contribution is 2.41. The fourth-order valence-corrected chi connectivity index (χ4v) is 5.22. The largest absolute Gasteiger partial charge is 0.496 e. The van der Waals surface area contributed by atoms with Crippen LogP contribution in [0.4, 0.5) is 4.79 Å². The molecule has 0 bridgehead atoms. The average molecular weight is 526 g/mol. The van der Waals surface area contributed by atoms with E-state index in [2.05, 4.69) is 10.6 Å². The van der Waals surface area contributed by atoms with E-state index in [1.807, 2.05) is 11.6 Å². The number of benzene rings is 2. The van der Waals surface area contributed by atoms with Gasteiger partial charge in [-0.2, -0.15) is 0 Å². The lowest BCUT2D eigenvalue weighted by atomic mass is 9.87. The van der Waals surface area contributed by atoms with E-state index in [1.54, 1.807) is 19.1 Å². The third-order valence-corrected chi connectivity index (χ3v) is 7.19. The Labute approximate surface area is 209 Å². The van der Waals surface area contributed by atoms with Gasteiger partial charge in [-0.25, -0.2) is 17.9 Å². The molecule has 190 valence electrons. The minimum absolute atomic E-state index is 0.0292. The number of methoxy groups -OCH3 is 2. The molecule has 10 nitrogen and oxygen atoms in total. The molecule has 35 heavy (non-hydrogen) atoms. The summed E-state index contributed by atoms with van der Waals surface area (Å²) in [6.45, 7) is 4.11. The lowest BCUT2D eigenvalue weighted by Gasteiger charge is -2.32. The van der Waals surface area contributed by atoms with Gasteiger partial charge in [-0.3, -0.25) is 4.79 Å². The normalized spacial score (nSPS) is 15.7. The SMILES string of the molecule is CCNC(=O)NS(=O)(=O)c1cc2c(cc1OC)OCCC2C(C)NC(=O)c1cc(Cl)ccc1OC. The van der Waals surface area contributed by atoms with Gasteiger partial charge in [0.05, 0.1) is 26.4 Å². The van der Waals surface area contributed by atoms with Gasteiger partial charge in [0.25, 0.3) is 15.9 Å². The van der Waals surface area contributed by atoms with Crippen LogP contribution in [0.1, 0.15) is 42.1 Å². The Morgan fingerprint density at radius 1 is 1.17 bits per heavy atom. The summed E-state index contributed by atoms with van der Waals surface area (Å²) in [5.74, 6) is 0.181. The van der Waals surface area contributed by atoms with E-state index < -0.39 is 22.1 Å². The average Bonchev–Trinajstić information content (AvgIpc) is 2.82. The van der Waals surface area contributed by atoms with Crippen LogP contribution in [-0.4, -0.2) is 53.8 Å². The Kier molecular flexibility index (Phi) is 8.34. The Hall–Kier alpha value is -3.18. The maximum Gasteiger partial charge on any atom is 0.328 e. The molecule has 1 aliphatic heterocycles. The van der Waals surface area contributed by atoms with E-state index in [9.17, 15) is 18.0 Å². The fourth-order valence-electron chi connectivity index (χ4n) is 3.93. The number of nitrogens with one attached hydrogen (secondary N) is 3. The molecule has 3 amide bonds. The van der Waals surface area contributed by atoms with Gasteiger partial charge in [0.15, 0.2) is 0 Å². The van der Waals surface area contributed by atoms with Gasteiger partial charge in [0, 0.05) is 35.2 Å². The number of rotatable bonds is 8. The van der Waals surface area contributed by atoms with Gasteiger partial charge in [-0.05, 0) is 44.5 Å². The molecule has 1 heterocycles. The van der Waals surface area contributed by atoms with Crippen molar-refractivity contribution in [3.8, 4) is 17.2 Å². The second-order valence-electron chi connectivity index (χ2n) is 7.86. The summed E-state index contributed by atoms with van der Waals surface area (Å²) < 4.78 is 44.1. The molecule has 0 saturated carbocycles. The number of carbonyl (C=O) groups is 2. The van der Waals surface area contributed by atoms with E-state index in [0.717, 1.165) is 0 Å². The molecular weight excluding hydrogens is 498 g/mol. The number of sulfonamides is 1. The molecule has 0 radical (unpaired) electrons. The van der Waals surface area contributed by atoms with E-state index in [0.29, 0.717) is 35.1 Å². The molecule has 2 aromatic carbocycles. The molecule has 0 aromatic heterocycles. The van der Waals surface area contributed by atoms with E-state index in [1.165, 1.54) is 32.4 Å². The monoisotopic (exact) mass is 525 g/mol. The zero-order valence-corrected chi connectivity index (χ0v) is 21.4. The number of hydrogen-bond acceptors (Lipinski definition) is 7. The number of hydrogen-bond donors (Lipinski definition) is 3. The van der Waals surface area contributed by atoms with Crippen LogP contribution in [-0.2, 0) is 10.0 Å². The van der Waals surface area contributed by atoms with Gasteiger partial charge in [-0.1, -0.05) is 11.6 Å². The second-order valence-corrected chi connectivity index (χ2v) is 9.94. The summed E-state index contributed by atoms with van der Waals surface area (Å²) in [5.41, 5.74) is 0.849. The molecule has 2 unspecified atom stereocenters. The zero-order valence-electron chi connectivity index (χ0n) is 19.8. The van der Waals surface area contributed by atoms with Gasteiger partial charge in [0.1, 0.15) is 22.1 Å². The van der Waals surface area contributed by atoms with Crippen LogP contribution in [0.25, 0.3) is 0 Å². The van der Waals surface area contributed by atoms with Crippen LogP contribution in [0.2, 0.25) is 5.02 Å². The van der Waals surface area contributed by atoms with Crippen molar-refractivity contribution >= 4 is 33.6 Å². The summed E-state index contributed by atoms with van der Waals surface area (Å²) in [7, 11) is -1.46. The first kappa shape index (κ1) is 26.4. The summed E-state index contributed by atoms with van der Waals surface area (Å²) in [6.07, 6.45) is 0.524. The Balaban J connectivity index is 1.94. The van der Waals surface area contributed by atoms with Gasteiger partial charge in [0.2, 0.25) is 0 Å². The topological polar surface area (TPSA) is 132 Å². The van der Waals surface area contributed by atoms with Crippen LogP contribution < -0.4 is 29.6 Å². The maximum absolute atomic E-state index is 13.0. The summed E-state index contributed by atoms with van der Waals surface area (Å²) >= 11 is 6.06. The minimum Gasteiger partial charge on any atom is -0.496 e. The molecule has 1 aliphatic rings. The van der Waals surface area contributed by atoms with Crippen LogP contribution in [0.3, 0.4) is 0 Å². The Bertz CT molecular complexity index is 1220. The highest BCUT2D eigenvalue weighted by molar-refractivity contribution is 7.90. The minimum atomic E-state index is -4.25. The fraction of sp³-hybridized carbons (Fsp3) is 0.391. The first-order valence-corrected chi connectivity index (χ1v) is 12.8. The highest BCUT2D eigenvalue weighted by atomic mass is 35.5. The van der Waals surface area contributed by atoms with Crippen molar-refractivity contribution in [2.75, 3.05) is 27.4 Å². The molecule has 2 atom stereocenters. The van der Waals surface area contributed by atoms with Crippen LogP contribution in [0.15, 0.2) is 35.2 Å². The lowest BCUT2D eigenvalue weighted by molar-refractivity contribution is 0.0926. The predicted octanol–water partition coefficient (Wildman–Crippen LogP) is 3.05. The molecule has 2 aromatic rings. The van der Waals surface area contributed by atoms with E-state index in [-0.39, 0.29) is 34.6 Å². The first-order valence-electron chi connectivity index (χ1n) is 10.9. The smallest absolute Gasteiger partial charge is 0.328 e. The van der Waals surface area contributed by atoms with Crippen molar-refractivity contribution < 1.29 is 32.2 Å².